The highest BCUT2D eigenvalue weighted by Crippen LogP contribution is 2.36. The zero-order valence-electron chi connectivity index (χ0n) is 22.4. The van der Waals surface area contributed by atoms with Crippen molar-refractivity contribution in [3.8, 4) is 0 Å². The minimum absolute atomic E-state index is 0.131. The lowest BCUT2D eigenvalue weighted by molar-refractivity contribution is -0.138. The molecule has 5 rings (SSSR count). The Morgan fingerprint density at radius 2 is 1.95 bits per heavy atom. The average molecular weight is 523 g/mol. The number of allylic oxidation sites excluding steroid dienone is 1. The number of nitrogens with zero attached hydrogens (tertiary/aromatic N) is 5. The summed E-state index contributed by atoms with van der Waals surface area (Å²) in [5.74, 6) is 1.58. The van der Waals surface area contributed by atoms with E-state index in [1.165, 1.54) is 4.88 Å². The molecule has 7 nitrogen and oxygen atoms in total. The summed E-state index contributed by atoms with van der Waals surface area (Å²) < 4.78 is 0. The maximum absolute atomic E-state index is 13.3. The molecule has 37 heavy (non-hydrogen) atoms. The third-order valence-corrected chi connectivity index (χ3v) is 8.37. The molecular weight excluding hydrogens is 480 g/mol. The first-order valence-electron chi connectivity index (χ1n) is 13.7. The van der Waals surface area contributed by atoms with Gasteiger partial charge in [-0.3, -0.25) is 14.7 Å². The maximum Gasteiger partial charge on any atom is 0.225 e. The van der Waals surface area contributed by atoms with Gasteiger partial charge in [0.25, 0.3) is 0 Å². The number of carbonyl (C=O) groups excluding carboxylic acids is 1. The van der Waals surface area contributed by atoms with Gasteiger partial charge in [0.05, 0.1) is 12.2 Å². The molecule has 3 aliphatic rings. The average Bonchev–Trinajstić information content (AvgIpc) is 3.59. The van der Waals surface area contributed by atoms with Crippen LogP contribution in [-0.2, 0) is 11.3 Å². The molecule has 0 radical (unpaired) electrons. The fourth-order valence-electron chi connectivity index (χ4n) is 5.46. The van der Waals surface area contributed by atoms with Crippen LogP contribution in [0.3, 0.4) is 0 Å². The largest absolute Gasteiger partial charge is 0.361 e. The Kier molecular flexibility index (Phi) is 10.1. The second-order valence-electron chi connectivity index (χ2n) is 9.95. The number of hydrogen-bond acceptors (Lipinski definition) is 7. The third-order valence-electron chi connectivity index (χ3n) is 7.50. The fraction of sp³-hybridized carbons (Fsp3) is 0.552. The Labute approximate surface area is 226 Å². The molecule has 200 valence electrons. The monoisotopic (exact) mass is 522 g/mol. The number of fused-ring (bicyclic) bond motifs is 1. The van der Waals surface area contributed by atoms with E-state index in [1.54, 1.807) is 0 Å². The van der Waals surface area contributed by atoms with Crippen molar-refractivity contribution in [3.63, 3.8) is 0 Å². The first-order valence-corrected chi connectivity index (χ1v) is 14.6. The molecule has 1 amide bonds. The van der Waals surface area contributed by atoms with E-state index in [0.717, 1.165) is 76.3 Å². The molecule has 1 unspecified atom stereocenters. The van der Waals surface area contributed by atoms with Crippen LogP contribution >= 0.6 is 11.3 Å². The molecule has 2 fully saturated rings. The van der Waals surface area contributed by atoms with Crippen molar-refractivity contribution in [3.05, 3.63) is 53.4 Å². The van der Waals surface area contributed by atoms with Gasteiger partial charge in [-0.2, -0.15) is 0 Å². The summed E-state index contributed by atoms with van der Waals surface area (Å²) in [6, 6.07) is 8.76. The predicted octanol–water partition coefficient (Wildman–Crippen LogP) is 5.28. The number of amides is 1. The summed E-state index contributed by atoms with van der Waals surface area (Å²) in [7, 11) is 0. The highest BCUT2D eigenvalue weighted by molar-refractivity contribution is 7.09. The smallest absolute Gasteiger partial charge is 0.225 e. The van der Waals surface area contributed by atoms with Gasteiger partial charge in [0.15, 0.2) is 5.82 Å². The standard InChI is InChI=1S/C25H34N6OS.C4H8/c1-2-26-17-23-28-22-6-3-11-27-24(22)31(23)20-9-14-30(15-10-20)25(32)19-7-12-29(13-8-19)18-21-5-4-16-33-21;1-3-4-2/h2-6,11,16,19-20,23,28H,7-10,12-15,17-18H2,1H3;3H,1,4H2,2H3. The Morgan fingerprint density at radius 3 is 2.59 bits per heavy atom. The number of hydrogen-bond donors (Lipinski definition) is 1. The normalized spacial score (nSPS) is 20.9. The number of aliphatic imine (C=N–C) groups is 1. The molecular formula is C29H42N6OS. The van der Waals surface area contributed by atoms with E-state index in [2.05, 4.69) is 67.1 Å². The van der Waals surface area contributed by atoms with Crippen LogP contribution in [0.5, 0.6) is 0 Å². The molecule has 3 aliphatic heterocycles. The summed E-state index contributed by atoms with van der Waals surface area (Å²) in [4.78, 5) is 30.9. The van der Waals surface area contributed by atoms with Crippen LogP contribution in [0.1, 0.15) is 50.8 Å². The molecule has 1 N–H and O–H groups in total. The van der Waals surface area contributed by atoms with E-state index in [4.69, 9.17) is 0 Å². The number of nitrogens with one attached hydrogen (secondary N) is 1. The maximum atomic E-state index is 13.3. The van der Waals surface area contributed by atoms with Crippen molar-refractivity contribution < 1.29 is 4.79 Å². The Hall–Kier alpha value is -2.71. The van der Waals surface area contributed by atoms with Crippen LogP contribution in [0.2, 0.25) is 0 Å². The fourth-order valence-corrected chi connectivity index (χ4v) is 6.21. The van der Waals surface area contributed by atoms with Crippen molar-refractivity contribution in [2.45, 2.75) is 64.7 Å². The predicted molar refractivity (Wildman–Crippen MR) is 156 cm³/mol. The number of anilines is 2. The van der Waals surface area contributed by atoms with Gasteiger partial charge < -0.3 is 15.1 Å². The first kappa shape index (κ1) is 27.3. The number of carbonyl (C=O) groups is 1. The SMILES string of the molecule is C=CCC.CC=NCC1Nc2cccnc2N1C1CCN(C(=O)C2CCN(Cc3cccs3)CC2)CC1. The van der Waals surface area contributed by atoms with Crippen LogP contribution in [0.25, 0.3) is 0 Å². The van der Waals surface area contributed by atoms with E-state index >= 15 is 0 Å². The van der Waals surface area contributed by atoms with Gasteiger partial charge >= 0.3 is 0 Å². The number of aromatic nitrogens is 1. The van der Waals surface area contributed by atoms with E-state index in [1.807, 2.05) is 42.8 Å². The summed E-state index contributed by atoms with van der Waals surface area (Å²) in [6.45, 7) is 12.9. The molecule has 5 heterocycles. The minimum atomic E-state index is 0.131. The van der Waals surface area contributed by atoms with Crippen molar-refractivity contribution >= 4 is 35.0 Å². The van der Waals surface area contributed by atoms with Gasteiger partial charge in [-0.05, 0) is 81.9 Å². The van der Waals surface area contributed by atoms with Gasteiger partial charge in [0, 0.05) is 42.7 Å². The molecule has 2 aromatic rings. The molecule has 2 aromatic heterocycles. The van der Waals surface area contributed by atoms with E-state index < -0.39 is 0 Å². The Bertz CT molecular complexity index is 1010. The third kappa shape index (κ3) is 6.99. The second-order valence-corrected chi connectivity index (χ2v) is 11.0. The number of thiophene rings is 1. The van der Waals surface area contributed by atoms with Crippen molar-refractivity contribution in [1.29, 1.82) is 0 Å². The number of piperidine rings is 2. The minimum Gasteiger partial charge on any atom is -0.361 e. The van der Waals surface area contributed by atoms with Crippen LogP contribution < -0.4 is 10.2 Å². The highest BCUT2D eigenvalue weighted by atomic mass is 32.1. The van der Waals surface area contributed by atoms with E-state index in [9.17, 15) is 4.79 Å². The summed E-state index contributed by atoms with van der Waals surface area (Å²) >= 11 is 1.82. The van der Waals surface area contributed by atoms with Crippen molar-refractivity contribution in [1.82, 2.24) is 14.8 Å². The molecule has 0 spiro atoms. The second kappa shape index (κ2) is 13.7. The van der Waals surface area contributed by atoms with Gasteiger partial charge in [0.2, 0.25) is 5.91 Å². The lowest BCUT2D eigenvalue weighted by atomic mass is 9.93. The van der Waals surface area contributed by atoms with Crippen molar-refractivity contribution in [2.24, 2.45) is 10.9 Å². The van der Waals surface area contributed by atoms with Crippen LogP contribution in [-0.4, -0.2) is 71.8 Å². The molecule has 0 saturated carbocycles. The van der Waals surface area contributed by atoms with Crippen molar-refractivity contribution in [2.75, 3.05) is 42.9 Å². The molecule has 0 aromatic carbocycles. The van der Waals surface area contributed by atoms with Crippen LogP contribution in [0.4, 0.5) is 11.5 Å². The van der Waals surface area contributed by atoms with Crippen LogP contribution in [0.15, 0.2) is 53.5 Å². The topological polar surface area (TPSA) is 64.1 Å². The number of likely N-dealkylation sites (tertiary alicyclic amines) is 2. The van der Waals surface area contributed by atoms with E-state index in [0.29, 0.717) is 18.5 Å². The molecule has 0 bridgehead atoms. The van der Waals surface area contributed by atoms with E-state index in [-0.39, 0.29) is 12.1 Å². The number of rotatable bonds is 7. The molecule has 8 heteroatoms. The summed E-state index contributed by atoms with van der Waals surface area (Å²) in [5, 5.41) is 5.73. The zero-order valence-corrected chi connectivity index (χ0v) is 23.2. The summed E-state index contributed by atoms with van der Waals surface area (Å²) in [6.07, 6.45) is 10.7. The first-order chi connectivity index (χ1) is 18.1. The van der Waals surface area contributed by atoms with Gasteiger partial charge in [-0.25, -0.2) is 4.98 Å². The summed E-state index contributed by atoms with van der Waals surface area (Å²) in [5.41, 5.74) is 1.08. The van der Waals surface area contributed by atoms with Gasteiger partial charge in [0.1, 0.15) is 6.17 Å². The highest BCUT2D eigenvalue weighted by Gasteiger charge is 2.38. The zero-order chi connectivity index (χ0) is 26.0. The lowest BCUT2D eigenvalue weighted by Crippen LogP contribution is -2.52. The van der Waals surface area contributed by atoms with Gasteiger partial charge in [-0.1, -0.05) is 19.1 Å². The quantitative estimate of drug-likeness (QED) is 0.396. The molecule has 0 aliphatic carbocycles. The Balaban J connectivity index is 0.000000747. The molecule has 1 atom stereocenters. The molecule has 2 saturated heterocycles. The number of pyridine rings is 1. The van der Waals surface area contributed by atoms with Gasteiger partial charge in [-0.15, -0.1) is 17.9 Å². The Morgan fingerprint density at radius 1 is 1.19 bits per heavy atom. The lowest BCUT2D eigenvalue weighted by Gasteiger charge is -2.41. The van der Waals surface area contributed by atoms with Crippen LogP contribution in [0, 0.1) is 5.92 Å².